The Labute approximate surface area is 331 Å². The fourth-order valence-electron chi connectivity index (χ4n) is 9.07. The van der Waals surface area contributed by atoms with E-state index in [0.717, 1.165) is 72.5 Å². The number of pyridine rings is 1. The minimum absolute atomic E-state index is 0.0810. The van der Waals surface area contributed by atoms with E-state index in [4.69, 9.17) is 4.74 Å². The SMILES string of the molecule is O=C(O)N1CCc2cc(-c3cc(C(=O)N(c4ccncc4)c4ccc(O)cc4)c4n3CCCC4)c(C(=O)N3Cc4ccccc4C[C@H]3CN3CCOCC3)cc2C1. The van der Waals surface area contributed by atoms with Gasteiger partial charge in [-0.1, -0.05) is 24.3 Å². The van der Waals surface area contributed by atoms with Crippen LogP contribution in [0.1, 0.15) is 61.5 Å². The summed E-state index contributed by atoms with van der Waals surface area (Å²) in [5.41, 5.74) is 9.01. The van der Waals surface area contributed by atoms with Gasteiger partial charge < -0.3 is 29.3 Å². The maximum atomic E-state index is 15.4. The smallest absolute Gasteiger partial charge is 0.407 e. The molecule has 292 valence electrons. The number of ether oxygens (including phenoxy) is 1. The molecule has 0 bridgehead atoms. The normalized spacial score (nSPS) is 18.0. The lowest BCUT2D eigenvalue weighted by molar-refractivity contribution is 0.0193. The van der Waals surface area contributed by atoms with Gasteiger partial charge in [0.1, 0.15) is 5.75 Å². The molecule has 57 heavy (non-hydrogen) atoms. The van der Waals surface area contributed by atoms with E-state index in [-0.39, 0.29) is 30.2 Å². The van der Waals surface area contributed by atoms with E-state index >= 15 is 4.79 Å². The van der Waals surface area contributed by atoms with Crippen molar-refractivity contribution in [2.45, 2.75) is 57.8 Å². The van der Waals surface area contributed by atoms with Crippen molar-refractivity contribution in [3.05, 3.63) is 130 Å². The van der Waals surface area contributed by atoms with E-state index in [0.29, 0.717) is 68.2 Å². The molecule has 2 aromatic heterocycles. The van der Waals surface area contributed by atoms with Gasteiger partial charge in [0.25, 0.3) is 11.8 Å². The van der Waals surface area contributed by atoms with Crippen LogP contribution < -0.4 is 4.90 Å². The largest absolute Gasteiger partial charge is 0.508 e. The number of carbonyl (C=O) groups excluding carboxylic acids is 2. The summed E-state index contributed by atoms with van der Waals surface area (Å²) in [5.74, 6) is -0.218. The summed E-state index contributed by atoms with van der Waals surface area (Å²) in [6.07, 6.45) is 6.14. The summed E-state index contributed by atoms with van der Waals surface area (Å²) in [4.78, 5) is 54.2. The number of phenols is 1. The summed E-state index contributed by atoms with van der Waals surface area (Å²) in [5, 5.41) is 20.1. The second kappa shape index (κ2) is 15.5. The summed E-state index contributed by atoms with van der Waals surface area (Å²) in [7, 11) is 0. The number of phenolic OH excluding ortho intramolecular Hbond substituents is 1. The van der Waals surface area contributed by atoms with Crippen LogP contribution in [0.2, 0.25) is 0 Å². The molecule has 1 atom stereocenters. The molecule has 4 aliphatic heterocycles. The number of nitrogens with zero attached hydrogens (tertiary/aromatic N) is 6. The third-order valence-corrected chi connectivity index (χ3v) is 12.0. The number of aromatic hydroxyl groups is 1. The van der Waals surface area contributed by atoms with Crippen molar-refractivity contribution in [2.24, 2.45) is 0 Å². The first-order chi connectivity index (χ1) is 27.8. The first kappa shape index (κ1) is 36.6. The number of amides is 3. The zero-order valence-corrected chi connectivity index (χ0v) is 31.8. The monoisotopic (exact) mass is 766 g/mol. The lowest BCUT2D eigenvalue weighted by Gasteiger charge is -2.41. The highest BCUT2D eigenvalue weighted by Gasteiger charge is 2.36. The minimum atomic E-state index is -0.980. The summed E-state index contributed by atoms with van der Waals surface area (Å²) >= 11 is 0. The summed E-state index contributed by atoms with van der Waals surface area (Å²) in [6.45, 7) is 5.39. The average molecular weight is 767 g/mol. The van der Waals surface area contributed by atoms with E-state index in [9.17, 15) is 19.8 Å². The van der Waals surface area contributed by atoms with Crippen LogP contribution in [0.4, 0.5) is 16.2 Å². The highest BCUT2D eigenvalue weighted by atomic mass is 16.5. The summed E-state index contributed by atoms with van der Waals surface area (Å²) < 4.78 is 7.88. The van der Waals surface area contributed by atoms with Gasteiger partial charge in [0.05, 0.1) is 24.5 Å². The minimum Gasteiger partial charge on any atom is -0.508 e. The third kappa shape index (κ3) is 7.15. The number of aromatic nitrogens is 2. The van der Waals surface area contributed by atoms with E-state index < -0.39 is 6.09 Å². The van der Waals surface area contributed by atoms with Gasteiger partial charge in [0, 0.05) is 92.5 Å². The van der Waals surface area contributed by atoms with E-state index in [1.807, 2.05) is 23.1 Å². The Morgan fingerprint density at radius 3 is 2.30 bits per heavy atom. The number of morpholine rings is 1. The molecule has 5 aromatic rings. The molecule has 0 radical (unpaired) electrons. The molecule has 0 saturated carbocycles. The number of benzene rings is 3. The lowest BCUT2D eigenvalue weighted by atomic mass is 9.89. The fraction of sp³-hybridized carbons (Fsp3) is 0.333. The third-order valence-electron chi connectivity index (χ3n) is 12.0. The van der Waals surface area contributed by atoms with Crippen LogP contribution in [0.15, 0.2) is 91.3 Å². The van der Waals surface area contributed by atoms with Gasteiger partial charge in [0.2, 0.25) is 0 Å². The molecule has 12 heteroatoms. The molecule has 3 amide bonds. The Hall–Kier alpha value is -5.98. The van der Waals surface area contributed by atoms with Crippen molar-refractivity contribution in [3.8, 4) is 17.0 Å². The van der Waals surface area contributed by atoms with Crippen LogP contribution in [0, 0.1) is 0 Å². The number of anilines is 2. The van der Waals surface area contributed by atoms with Gasteiger partial charge in [-0.15, -0.1) is 0 Å². The van der Waals surface area contributed by atoms with Crippen LogP contribution in [0.5, 0.6) is 5.75 Å². The molecule has 1 fully saturated rings. The molecule has 3 aromatic carbocycles. The van der Waals surface area contributed by atoms with Crippen molar-refractivity contribution in [2.75, 3.05) is 44.3 Å². The number of rotatable bonds is 7. The standard InChI is InChI=1S/C45H46N6O6/c52-37-10-8-34(9-11-37)51(35-12-15-46-16-13-35)44(54)40-26-42(49-17-4-3-7-41(40)49)38-24-31-14-18-48(45(55)56)27-33(31)25-39(38)43(53)50-28-32-6-2-1-5-30(32)23-36(50)29-47-19-21-57-22-20-47/h1-2,5-6,8-13,15-16,24-26,36,52H,3-4,7,14,17-23,27-29H2,(H,55,56)/t36-/m0/s1. The van der Waals surface area contributed by atoms with Gasteiger partial charge >= 0.3 is 6.09 Å². The van der Waals surface area contributed by atoms with Crippen LogP contribution in [0.25, 0.3) is 11.3 Å². The second-order valence-corrected chi connectivity index (χ2v) is 15.5. The van der Waals surface area contributed by atoms with Crippen molar-refractivity contribution in [1.82, 2.24) is 24.3 Å². The Kier molecular flexibility index (Phi) is 9.97. The van der Waals surface area contributed by atoms with Gasteiger partial charge in [-0.05, 0) is 109 Å². The van der Waals surface area contributed by atoms with E-state index in [1.54, 1.807) is 53.7 Å². The van der Waals surface area contributed by atoms with Gasteiger partial charge in [-0.3, -0.25) is 24.4 Å². The predicted molar refractivity (Wildman–Crippen MR) is 215 cm³/mol. The van der Waals surface area contributed by atoms with Crippen molar-refractivity contribution >= 4 is 29.3 Å². The van der Waals surface area contributed by atoms with Crippen LogP contribution >= 0.6 is 0 Å². The van der Waals surface area contributed by atoms with E-state index in [2.05, 4.69) is 38.7 Å². The number of hydrogen-bond donors (Lipinski definition) is 2. The molecule has 9 rings (SSSR count). The molecular weight excluding hydrogens is 721 g/mol. The van der Waals surface area contributed by atoms with Gasteiger partial charge in [-0.25, -0.2) is 4.79 Å². The van der Waals surface area contributed by atoms with Crippen molar-refractivity contribution < 1.29 is 29.3 Å². The average Bonchev–Trinajstić information content (AvgIpc) is 3.63. The highest BCUT2D eigenvalue weighted by Crippen LogP contribution is 2.39. The fourth-order valence-corrected chi connectivity index (χ4v) is 9.07. The molecule has 1 saturated heterocycles. The maximum absolute atomic E-state index is 15.4. The lowest BCUT2D eigenvalue weighted by Crippen LogP contribution is -2.52. The Morgan fingerprint density at radius 2 is 1.53 bits per heavy atom. The maximum Gasteiger partial charge on any atom is 0.407 e. The van der Waals surface area contributed by atoms with Crippen molar-refractivity contribution in [1.29, 1.82) is 0 Å². The number of hydrogen-bond acceptors (Lipinski definition) is 7. The quantitative estimate of drug-likeness (QED) is 0.192. The van der Waals surface area contributed by atoms with Crippen LogP contribution in [0.3, 0.4) is 0 Å². The molecule has 4 aliphatic rings. The number of carbonyl (C=O) groups is 3. The zero-order valence-electron chi connectivity index (χ0n) is 31.8. The molecule has 2 N–H and O–H groups in total. The molecule has 12 nitrogen and oxygen atoms in total. The zero-order chi connectivity index (χ0) is 39.0. The molecule has 6 heterocycles. The highest BCUT2D eigenvalue weighted by molar-refractivity contribution is 6.12. The summed E-state index contributed by atoms with van der Waals surface area (Å²) in [6, 6.07) is 24.4. The molecule has 0 unspecified atom stereocenters. The molecular formula is C45H46N6O6. The second-order valence-electron chi connectivity index (χ2n) is 15.5. The Balaban J connectivity index is 1.18. The molecule has 0 aliphatic carbocycles. The van der Waals surface area contributed by atoms with Gasteiger partial charge in [-0.2, -0.15) is 0 Å². The number of fused-ring (bicyclic) bond motifs is 3. The topological polar surface area (TPSA) is 132 Å². The Morgan fingerprint density at radius 1 is 0.772 bits per heavy atom. The Bertz CT molecular complexity index is 2320. The predicted octanol–water partition coefficient (Wildman–Crippen LogP) is 6.51. The van der Waals surface area contributed by atoms with Crippen LogP contribution in [-0.2, 0) is 43.6 Å². The first-order valence-corrected chi connectivity index (χ1v) is 19.9. The van der Waals surface area contributed by atoms with Crippen LogP contribution in [-0.4, -0.2) is 97.8 Å². The molecule has 0 spiro atoms. The van der Waals surface area contributed by atoms with E-state index in [1.165, 1.54) is 10.5 Å². The van der Waals surface area contributed by atoms with Crippen molar-refractivity contribution in [3.63, 3.8) is 0 Å². The number of carboxylic acid groups (broad SMARTS) is 1. The first-order valence-electron chi connectivity index (χ1n) is 19.9. The van der Waals surface area contributed by atoms with Gasteiger partial charge in [0.15, 0.2) is 0 Å².